The fourth-order valence-corrected chi connectivity index (χ4v) is 4.31. The molecule has 3 heterocycles. The van der Waals surface area contributed by atoms with Crippen molar-refractivity contribution in [1.82, 2.24) is 0 Å². The Labute approximate surface area is 83.7 Å². The third kappa shape index (κ3) is 0.730. The molecule has 8 atom stereocenters. The Morgan fingerprint density at radius 1 is 0.786 bits per heavy atom. The highest BCUT2D eigenvalue weighted by Gasteiger charge is 2.65. The molecule has 0 unspecified atom stereocenters. The second-order valence-electron chi connectivity index (χ2n) is 5.27. The van der Waals surface area contributed by atoms with Gasteiger partial charge in [0.15, 0.2) is 12.6 Å². The van der Waals surface area contributed by atoms with E-state index >= 15 is 0 Å². The van der Waals surface area contributed by atoms with Crippen LogP contribution in [0.3, 0.4) is 0 Å². The number of fused-ring (bicyclic) bond motifs is 1. The quantitative estimate of drug-likeness (QED) is 0.585. The molecule has 4 aliphatic rings. The molecule has 0 amide bonds. The molecule has 4 fully saturated rings. The van der Waals surface area contributed by atoms with E-state index in [0.29, 0.717) is 35.9 Å². The van der Waals surface area contributed by atoms with Crippen LogP contribution < -0.4 is 0 Å². The Morgan fingerprint density at radius 2 is 1.29 bits per heavy atom. The summed E-state index contributed by atoms with van der Waals surface area (Å²) in [7, 11) is 0. The summed E-state index contributed by atoms with van der Waals surface area (Å²) in [5.74, 6) is 2.69. The summed E-state index contributed by atoms with van der Waals surface area (Å²) in [6, 6.07) is 0. The van der Waals surface area contributed by atoms with Crippen LogP contribution in [0.5, 0.6) is 0 Å². The van der Waals surface area contributed by atoms with Crippen LogP contribution in [0.4, 0.5) is 0 Å². The van der Waals surface area contributed by atoms with Gasteiger partial charge in [-0.2, -0.15) is 0 Å². The van der Waals surface area contributed by atoms with Crippen LogP contribution in [0.15, 0.2) is 0 Å². The van der Waals surface area contributed by atoms with E-state index in [1.165, 1.54) is 6.42 Å². The molecule has 1 saturated carbocycles. The van der Waals surface area contributed by atoms with Gasteiger partial charge in [-0.1, -0.05) is 0 Å². The summed E-state index contributed by atoms with van der Waals surface area (Å²) in [6.45, 7) is 4.38. The molecule has 3 heteroatoms. The lowest BCUT2D eigenvalue weighted by molar-refractivity contribution is -0.271. The first-order valence-electron chi connectivity index (χ1n) is 5.72. The summed E-state index contributed by atoms with van der Waals surface area (Å²) < 4.78 is 17.5. The molecular formula is C11H16O3. The topological polar surface area (TPSA) is 27.7 Å². The standard InChI is InChI=1S/C11H16O3/c1-4-8-6-3-7-9(8)5(2)13-11(7)14-10(6)12-4/h4-11H,3H2,1-2H3/t4-,5+,6-,7+,8-,9+,10-,11+. The zero-order valence-corrected chi connectivity index (χ0v) is 8.55. The largest absolute Gasteiger partial charge is 0.349 e. The zero-order valence-electron chi connectivity index (χ0n) is 8.55. The number of ether oxygens (including phenoxy) is 3. The highest BCUT2D eigenvalue weighted by molar-refractivity contribution is 5.06. The van der Waals surface area contributed by atoms with Gasteiger partial charge >= 0.3 is 0 Å². The van der Waals surface area contributed by atoms with Crippen molar-refractivity contribution in [3.05, 3.63) is 0 Å². The predicted molar refractivity (Wildman–Crippen MR) is 48.3 cm³/mol. The molecule has 4 rings (SSSR count). The van der Waals surface area contributed by atoms with Crippen LogP contribution in [-0.4, -0.2) is 24.8 Å². The lowest BCUT2D eigenvalue weighted by Gasteiger charge is -2.30. The maximum Gasteiger partial charge on any atom is 0.164 e. The fraction of sp³-hybridized carbons (Fsp3) is 1.00. The molecule has 0 N–H and O–H groups in total. The van der Waals surface area contributed by atoms with Crippen LogP contribution in [0, 0.1) is 23.7 Å². The van der Waals surface area contributed by atoms with E-state index in [1.54, 1.807) is 0 Å². The Kier molecular flexibility index (Phi) is 1.35. The average molecular weight is 196 g/mol. The van der Waals surface area contributed by atoms with Gasteiger partial charge in [0.1, 0.15) is 0 Å². The van der Waals surface area contributed by atoms with Gasteiger partial charge < -0.3 is 14.2 Å². The summed E-state index contributed by atoms with van der Waals surface area (Å²) >= 11 is 0. The molecule has 3 aliphatic heterocycles. The van der Waals surface area contributed by atoms with Gasteiger partial charge in [0.2, 0.25) is 0 Å². The minimum absolute atomic E-state index is 0.0359. The lowest BCUT2D eigenvalue weighted by atomic mass is 9.83. The Bertz CT molecular complexity index is 254. The summed E-state index contributed by atoms with van der Waals surface area (Å²) in [4.78, 5) is 0. The van der Waals surface area contributed by atoms with Crippen LogP contribution in [0.25, 0.3) is 0 Å². The molecule has 0 aromatic rings. The van der Waals surface area contributed by atoms with Gasteiger partial charge in [0.05, 0.1) is 12.2 Å². The minimum Gasteiger partial charge on any atom is -0.349 e. The van der Waals surface area contributed by atoms with Gasteiger partial charge in [0.25, 0.3) is 0 Å². The second kappa shape index (κ2) is 2.34. The van der Waals surface area contributed by atoms with E-state index in [4.69, 9.17) is 14.2 Å². The van der Waals surface area contributed by atoms with E-state index < -0.39 is 0 Å². The van der Waals surface area contributed by atoms with Crippen LogP contribution in [-0.2, 0) is 14.2 Å². The molecule has 78 valence electrons. The third-order valence-corrected chi connectivity index (χ3v) is 4.73. The van der Waals surface area contributed by atoms with Crippen LogP contribution in [0.2, 0.25) is 0 Å². The molecule has 0 aromatic carbocycles. The van der Waals surface area contributed by atoms with Gasteiger partial charge in [-0.25, -0.2) is 0 Å². The smallest absolute Gasteiger partial charge is 0.164 e. The maximum atomic E-state index is 5.85. The maximum absolute atomic E-state index is 5.85. The Balaban J connectivity index is 1.81. The van der Waals surface area contributed by atoms with Gasteiger partial charge in [-0.3, -0.25) is 0 Å². The molecule has 0 aromatic heterocycles. The second-order valence-corrected chi connectivity index (χ2v) is 5.27. The average Bonchev–Trinajstić information content (AvgIpc) is 2.69. The van der Waals surface area contributed by atoms with E-state index in [9.17, 15) is 0 Å². The Morgan fingerprint density at radius 3 is 1.79 bits per heavy atom. The Hall–Kier alpha value is -0.120. The van der Waals surface area contributed by atoms with Crippen LogP contribution in [0.1, 0.15) is 20.3 Å². The van der Waals surface area contributed by atoms with E-state index in [-0.39, 0.29) is 12.6 Å². The van der Waals surface area contributed by atoms with E-state index in [1.807, 2.05) is 0 Å². The number of hydrogen-bond donors (Lipinski definition) is 0. The fourth-order valence-electron chi connectivity index (χ4n) is 4.31. The summed E-state index contributed by atoms with van der Waals surface area (Å²) in [5, 5.41) is 0. The first kappa shape index (κ1) is 8.08. The summed E-state index contributed by atoms with van der Waals surface area (Å²) in [5.41, 5.74) is 0. The van der Waals surface area contributed by atoms with Crippen molar-refractivity contribution >= 4 is 0 Å². The van der Waals surface area contributed by atoms with Crippen LogP contribution >= 0.6 is 0 Å². The molecular weight excluding hydrogens is 180 g/mol. The highest BCUT2D eigenvalue weighted by atomic mass is 16.8. The molecule has 3 nitrogen and oxygen atoms in total. The third-order valence-electron chi connectivity index (χ3n) is 4.73. The van der Waals surface area contributed by atoms with Crippen molar-refractivity contribution < 1.29 is 14.2 Å². The highest BCUT2D eigenvalue weighted by Crippen LogP contribution is 2.60. The van der Waals surface area contributed by atoms with E-state index in [2.05, 4.69) is 13.8 Å². The van der Waals surface area contributed by atoms with Gasteiger partial charge in [-0.05, 0) is 32.1 Å². The number of hydrogen-bond acceptors (Lipinski definition) is 3. The van der Waals surface area contributed by atoms with Gasteiger partial charge in [-0.15, -0.1) is 0 Å². The molecule has 3 saturated heterocycles. The molecule has 14 heavy (non-hydrogen) atoms. The van der Waals surface area contributed by atoms with Crippen molar-refractivity contribution in [2.24, 2.45) is 23.7 Å². The van der Waals surface area contributed by atoms with Crippen molar-refractivity contribution in [2.75, 3.05) is 0 Å². The SMILES string of the molecule is C[C@@H]1O[C@H]2O[C@H]3O[C@H](C)[C@@H]4[C@H]3C[C@H]2[C@@H]41. The first-order valence-corrected chi connectivity index (χ1v) is 5.72. The van der Waals surface area contributed by atoms with Crippen molar-refractivity contribution in [3.8, 4) is 0 Å². The monoisotopic (exact) mass is 196 g/mol. The minimum atomic E-state index is 0.0359. The van der Waals surface area contributed by atoms with Crippen molar-refractivity contribution in [1.29, 1.82) is 0 Å². The molecule has 2 bridgehead atoms. The predicted octanol–water partition coefficient (Wildman–Crippen LogP) is 1.37. The summed E-state index contributed by atoms with van der Waals surface area (Å²) in [6.07, 6.45) is 2.07. The van der Waals surface area contributed by atoms with E-state index in [0.717, 1.165) is 0 Å². The zero-order chi connectivity index (χ0) is 9.45. The van der Waals surface area contributed by atoms with Crippen molar-refractivity contribution in [3.63, 3.8) is 0 Å². The first-order chi connectivity index (χ1) is 6.75. The normalized spacial score (nSPS) is 69.0. The van der Waals surface area contributed by atoms with Crippen molar-refractivity contribution in [2.45, 2.75) is 45.1 Å². The molecule has 0 radical (unpaired) electrons. The van der Waals surface area contributed by atoms with Gasteiger partial charge in [0, 0.05) is 11.8 Å². The number of rotatable bonds is 0. The lowest BCUT2D eigenvalue weighted by Crippen LogP contribution is -2.35. The molecule has 0 spiro atoms. The molecule has 1 aliphatic carbocycles.